The molecule has 4 rings (SSSR count). The predicted octanol–water partition coefficient (Wildman–Crippen LogP) is 4.84. The monoisotopic (exact) mass is 612 g/mol. The minimum absolute atomic E-state index is 0.208. The van der Waals surface area contributed by atoms with Gasteiger partial charge in [0.2, 0.25) is 0 Å². The number of benzene rings is 1. The Morgan fingerprint density at radius 2 is 1.75 bits per heavy atom. The molecule has 9 nitrogen and oxygen atoms in total. The molecule has 1 unspecified atom stereocenters. The first-order valence-corrected chi connectivity index (χ1v) is 14.7. The minimum Gasteiger partial charge on any atom is -0.419 e. The molecule has 2 aliphatic rings. The highest BCUT2D eigenvalue weighted by atomic mass is 19.4. The highest BCUT2D eigenvalue weighted by Crippen LogP contribution is 2.35. The molecule has 2 amide bonds. The second-order valence-electron chi connectivity index (χ2n) is 10.9. The molecule has 1 fully saturated rings. The van der Waals surface area contributed by atoms with Gasteiger partial charge in [-0.25, -0.2) is 0 Å². The number of carbonyl (C=O) groups excluding carboxylic acids is 2. The summed E-state index contributed by atoms with van der Waals surface area (Å²) < 4.78 is 42.2. The fourth-order valence-corrected chi connectivity index (χ4v) is 5.31. The van der Waals surface area contributed by atoms with E-state index in [0.717, 1.165) is 31.3 Å². The van der Waals surface area contributed by atoms with E-state index in [0.29, 0.717) is 36.3 Å². The fraction of sp³-hybridized carbons (Fsp3) is 0.406. The smallest absolute Gasteiger partial charge is 0.416 e. The van der Waals surface area contributed by atoms with E-state index in [1.54, 1.807) is 37.4 Å². The van der Waals surface area contributed by atoms with Gasteiger partial charge in [0.25, 0.3) is 11.8 Å². The molecule has 0 saturated carbocycles. The molecule has 2 aromatic rings. The normalized spacial score (nSPS) is 18.3. The summed E-state index contributed by atoms with van der Waals surface area (Å²) in [6.45, 7) is 10.00. The second-order valence-corrected chi connectivity index (χ2v) is 10.9. The van der Waals surface area contributed by atoms with Gasteiger partial charge >= 0.3 is 6.18 Å². The Bertz CT molecular complexity index is 1440. The standard InChI is InChI=1S/C32H39F3N6O3/c1-4-22(20-44-36)25-14-26(18-37-17-25)31(43)39-29-15-23(7-6-21(29)3)30(42)38-27-9-8-24(28(16-27)32(33,34)35)19-41-12-10-40(5-2)11-13-41/h6-8,14-18,20,27H,4-5,9-13,19,36H2,1-3H3,(H,38,42)(H,39,43)/b22-20+. The van der Waals surface area contributed by atoms with Crippen molar-refractivity contribution in [3.63, 3.8) is 0 Å². The molecule has 1 atom stereocenters. The van der Waals surface area contributed by atoms with Crippen LogP contribution in [-0.2, 0) is 4.84 Å². The number of alkyl halides is 3. The number of likely N-dealkylation sites (N-methyl/N-ethyl adjacent to an activating group) is 1. The Morgan fingerprint density at radius 3 is 2.41 bits per heavy atom. The van der Waals surface area contributed by atoms with Crippen LogP contribution in [0.2, 0.25) is 0 Å². The highest BCUT2D eigenvalue weighted by molar-refractivity contribution is 6.05. The lowest BCUT2D eigenvalue weighted by molar-refractivity contribution is -0.0905. The number of aryl methyl sites for hydroxylation is 1. The SMILES string of the molecule is CC/C(=C\ON)c1cncc(C(=O)Nc2cc(C(=O)NC3C=C(C(F)(F)F)C(CN4CCN(CC)CC4)=CC3)ccc2C)c1. The van der Waals surface area contributed by atoms with E-state index in [2.05, 4.69) is 32.3 Å². The molecule has 4 N–H and O–H groups in total. The number of nitrogens with one attached hydrogen (secondary N) is 2. The van der Waals surface area contributed by atoms with E-state index in [9.17, 15) is 22.8 Å². The van der Waals surface area contributed by atoms with Crippen LogP contribution < -0.4 is 16.5 Å². The maximum Gasteiger partial charge on any atom is 0.416 e. The molecule has 44 heavy (non-hydrogen) atoms. The van der Waals surface area contributed by atoms with E-state index in [4.69, 9.17) is 5.90 Å². The number of aromatic nitrogens is 1. The number of hydrogen-bond donors (Lipinski definition) is 3. The third kappa shape index (κ3) is 8.34. The number of rotatable bonds is 10. The van der Waals surface area contributed by atoms with Gasteiger partial charge in [0.1, 0.15) is 6.26 Å². The average Bonchev–Trinajstić information content (AvgIpc) is 3.01. The number of nitrogens with zero attached hydrogens (tertiary/aromatic N) is 3. The molecule has 1 aliphatic carbocycles. The molecule has 1 saturated heterocycles. The largest absolute Gasteiger partial charge is 0.419 e. The lowest BCUT2D eigenvalue weighted by Gasteiger charge is -2.35. The van der Waals surface area contributed by atoms with Gasteiger partial charge in [-0.2, -0.15) is 19.1 Å². The lowest BCUT2D eigenvalue weighted by atomic mass is 9.93. The van der Waals surface area contributed by atoms with Crippen LogP contribution in [0.1, 0.15) is 58.5 Å². The molecule has 0 radical (unpaired) electrons. The van der Waals surface area contributed by atoms with Crippen molar-refractivity contribution >= 4 is 23.1 Å². The van der Waals surface area contributed by atoms with Crippen LogP contribution in [0.3, 0.4) is 0 Å². The number of piperazine rings is 1. The van der Waals surface area contributed by atoms with Crippen LogP contribution in [0.15, 0.2) is 66.2 Å². The summed E-state index contributed by atoms with van der Waals surface area (Å²) in [6, 6.07) is 5.58. The van der Waals surface area contributed by atoms with Crippen molar-refractivity contribution in [2.24, 2.45) is 5.90 Å². The molecule has 1 aromatic carbocycles. The Kier molecular flexibility index (Phi) is 11.0. The van der Waals surface area contributed by atoms with Gasteiger partial charge in [0.05, 0.1) is 17.2 Å². The molecule has 1 aromatic heterocycles. The summed E-state index contributed by atoms with van der Waals surface area (Å²) in [6.07, 6.45) is 3.40. The van der Waals surface area contributed by atoms with Crippen molar-refractivity contribution in [3.05, 3.63) is 88.5 Å². The van der Waals surface area contributed by atoms with Crippen molar-refractivity contribution in [3.8, 4) is 0 Å². The zero-order valence-corrected chi connectivity index (χ0v) is 25.2. The predicted molar refractivity (Wildman–Crippen MR) is 164 cm³/mol. The maximum atomic E-state index is 14.1. The van der Waals surface area contributed by atoms with Crippen molar-refractivity contribution in [1.29, 1.82) is 0 Å². The summed E-state index contributed by atoms with van der Waals surface area (Å²) in [4.78, 5) is 39.3. The molecule has 2 heterocycles. The van der Waals surface area contributed by atoms with Gasteiger partial charge in [-0.3, -0.25) is 19.5 Å². The van der Waals surface area contributed by atoms with Gasteiger partial charge in [0, 0.05) is 56.4 Å². The summed E-state index contributed by atoms with van der Waals surface area (Å²) in [5.41, 5.74) is 2.55. The number of anilines is 1. The number of halogens is 3. The van der Waals surface area contributed by atoms with Gasteiger partial charge in [-0.1, -0.05) is 26.0 Å². The zero-order valence-electron chi connectivity index (χ0n) is 25.2. The molecule has 0 spiro atoms. The van der Waals surface area contributed by atoms with Crippen molar-refractivity contribution in [1.82, 2.24) is 20.1 Å². The van der Waals surface area contributed by atoms with Gasteiger partial charge in [-0.05, 0) is 72.9 Å². The summed E-state index contributed by atoms with van der Waals surface area (Å²) in [5.74, 6) is 4.18. The Labute approximate surface area is 255 Å². The van der Waals surface area contributed by atoms with Crippen LogP contribution in [0.4, 0.5) is 18.9 Å². The van der Waals surface area contributed by atoms with Gasteiger partial charge < -0.3 is 20.4 Å². The third-order valence-corrected chi connectivity index (χ3v) is 7.97. The molecular weight excluding hydrogens is 573 g/mol. The first kappa shape index (κ1) is 32.9. The number of nitrogens with two attached hydrogens (primary N) is 1. The fourth-order valence-electron chi connectivity index (χ4n) is 5.31. The van der Waals surface area contributed by atoms with Crippen LogP contribution in [0.5, 0.6) is 0 Å². The average molecular weight is 613 g/mol. The van der Waals surface area contributed by atoms with Crippen LogP contribution in [0.25, 0.3) is 5.57 Å². The molecule has 12 heteroatoms. The Hall–Kier alpha value is -4.00. The highest BCUT2D eigenvalue weighted by Gasteiger charge is 2.38. The summed E-state index contributed by atoms with van der Waals surface area (Å²) in [7, 11) is 0. The molecule has 1 aliphatic heterocycles. The van der Waals surface area contributed by atoms with Crippen LogP contribution in [0, 0.1) is 6.92 Å². The van der Waals surface area contributed by atoms with Crippen LogP contribution >= 0.6 is 0 Å². The van der Waals surface area contributed by atoms with Crippen molar-refractivity contribution in [2.75, 3.05) is 44.6 Å². The summed E-state index contributed by atoms with van der Waals surface area (Å²) in [5, 5.41) is 5.52. The third-order valence-electron chi connectivity index (χ3n) is 7.97. The van der Waals surface area contributed by atoms with Gasteiger partial charge in [0.15, 0.2) is 0 Å². The van der Waals surface area contributed by atoms with Gasteiger partial charge in [-0.15, -0.1) is 0 Å². The quantitative estimate of drug-likeness (QED) is 0.260. The lowest BCUT2D eigenvalue weighted by Crippen LogP contribution is -2.47. The number of carbonyl (C=O) groups is 2. The molecule has 236 valence electrons. The number of allylic oxidation sites excluding steroid dienone is 1. The van der Waals surface area contributed by atoms with E-state index in [-0.39, 0.29) is 29.7 Å². The summed E-state index contributed by atoms with van der Waals surface area (Å²) >= 11 is 0. The van der Waals surface area contributed by atoms with E-state index < -0.39 is 29.6 Å². The number of amides is 2. The second kappa shape index (κ2) is 14.7. The van der Waals surface area contributed by atoms with Crippen molar-refractivity contribution < 1.29 is 27.6 Å². The van der Waals surface area contributed by atoms with Crippen molar-refractivity contribution in [2.45, 2.75) is 45.8 Å². The topological polar surface area (TPSA) is 113 Å². The zero-order chi connectivity index (χ0) is 31.9. The number of pyridine rings is 1. The van der Waals surface area contributed by atoms with E-state index >= 15 is 0 Å². The van der Waals surface area contributed by atoms with E-state index in [1.165, 1.54) is 18.5 Å². The molecular formula is C32H39F3N6O3. The maximum absolute atomic E-state index is 14.1. The van der Waals surface area contributed by atoms with Crippen LogP contribution in [-0.4, -0.2) is 78.1 Å². The Morgan fingerprint density at radius 1 is 1.05 bits per heavy atom. The number of hydrogen-bond acceptors (Lipinski definition) is 7. The Balaban J connectivity index is 1.44. The van der Waals surface area contributed by atoms with E-state index in [1.807, 2.05) is 11.8 Å². The molecule has 0 bridgehead atoms. The first-order chi connectivity index (χ1) is 21.0. The first-order valence-electron chi connectivity index (χ1n) is 14.7. The minimum atomic E-state index is -4.54.